The summed E-state index contributed by atoms with van der Waals surface area (Å²) >= 11 is 0. The Morgan fingerprint density at radius 3 is 2.15 bits per heavy atom. The zero-order chi connectivity index (χ0) is 25.3. The van der Waals surface area contributed by atoms with Crippen molar-refractivity contribution in [2.45, 2.75) is 58.5 Å². The summed E-state index contributed by atoms with van der Waals surface area (Å²) in [5, 5.41) is 15.7. The smallest absolute Gasteiger partial charge is 0.303 e. The second-order valence-electron chi connectivity index (χ2n) is 7.59. The van der Waals surface area contributed by atoms with Crippen molar-refractivity contribution in [3.63, 3.8) is 0 Å². The van der Waals surface area contributed by atoms with Gasteiger partial charge in [-0.05, 0) is 18.6 Å². The largest absolute Gasteiger partial charge is 0.462 e. The first-order valence-electron chi connectivity index (χ1n) is 10.5. The summed E-state index contributed by atoms with van der Waals surface area (Å²) in [7, 11) is 0. The molecular weight excluding hydrogens is 446 g/mol. The maximum absolute atomic E-state index is 12.0. The van der Waals surface area contributed by atoms with E-state index in [4.69, 9.17) is 18.9 Å². The molecule has 0 bridgehead atoms. The molecular formula is C23H27N3O8. The number of hydrogen-bond acceptors (Lipinski definition) is 11. The van der Waals surface area contributed by atoms with Crippen molar-refractivity contribution in [1.82, 2.24) is 0 Å². The lowest BCUT2D eigenvalue weighted by molar-refractivity contribution is -0.191. The maximum Gasteiger partial charge on any atom is 0.303 e. The lowest BCUT2D eigenvalue weighted by atomic mass is 9.88. The fourth-order valence-electron chi connectivity index (χ4n) is 3.55. The fraction of sp³-hybridized carbons (Fsp3) is 0.478. The average Bonchev–Trinajstić information content (AvgIpc) is 2.78. The first-order valence-corrected chi connectivity index (χ1v) is 10.5. The third kappa shape index (κ3) is 7.58. The maximum atomic E-state index is 12.0. The number of rotatable bonds is 9. The first-order chi connectivity index (χ1) is 16.1. The van der Waals surface area contributed by atoms with Crippen molar-refractivity contribution >= 4 is 35.8 Å². The van der Waals surface area contributed by atoms with Gasteiger partial charge in [0.25, 0.3) is 0 Å². The quantitative estimate of drug-likeness (QED) is 0.384. The molecule has 0 unspecified atom stereocenters. The van der Waals surface area contributed by atoms with Gasteiger partial charge in [-0.2, -0.15) is 10.4 Å². The van der Waals surface area contributed by atoms with Crippen LogP contribution < -0.4 is 5.01 Å². The second kappa shape index (κ2) is 12.3. The molecule has 0 saturated carbocycles. The van der Waals surface area contributed by atoms with Crippen LogP contribution in [-0.4, -0.2) is 61.1 Å². The monoisotopic (exact) mass is 473 g/mol. The molecule has 1 heterocycles. The van der Waals surface area contributed by atoms with Gasteiger partial charge in [-0.25, -0.2) is 5.01 Å². The van der Waals surface area contributed by atoms with E-state index >= 15 is 0 Å². The van der Waals surface area contributed by atoms with Gasteiger partial charge in [0.2, 0.25) is 0 Å². The molecule has 34 heavy (non-hydrogen) atoms. The van der Waals surface area contributed by atoms with E-state index < -0.39 is 60.8 Å². The molecule has 0 aromatic heterocycles. The number of carbonyl (C=O) groups is 4. The molecule has 1 aromatic carbocycles. The summed E-state index contributed by atoms with van der Waals surface area (Å²) in [6.45, 7) is 4.17. The van der Waals surface area contributed by atoms with E-state index in [-0.39, 0.29) is 6.42 Å². The summed E-state index contributed by atoms with van der Waals surface area (Å²) in [5.74, 6) is -3.49. The van der Waals surface area contributed by atoms with Crippen LogP contribution in [0.3, 0.4) is 0 Å². The van der Waals surface area contributed by atoms with Crippen LogP contribution in [0.5, 0.6) is 0 Å². The molecule has 11 nitrogen and oxygen atoms in total. The Bertz CT molecular complexity index is 959. The highest BCUT2D eigenvalue weighted by Gasteiger charge is 2.44. The minimum atomic E-state index is -1.33. The van der Waals surface area contributed by atoms with E-state index in [1.54, 1.807) is 12.1 Å². The summed E-state index contributed by atoms with van der Waals surface area (Å²) in [4.78, 5) is 47.0. The molecule has 0 fully saturated rings. The molecule has 0 saturated heterocycles. The number of nitriles is 1. The van der Waals surface area contributed by atoms with Crippen molar-refractivity contribution in [3.05, 3.63) is 30.3 Å². The Kier molecular flexibility index (Phi) is 9.55. The molecule has 0 aliphatic carbocycles. The van der Waals surface area contributed by atoms with Crippen LogP contribution in [0.25, 0.3) is 0 Å². The van der Waals surface area contributed by atoms with Gasteiger partial charge in [-0.3, -0.25) is 19.2 Å². The third-order valence-electron chi connectivity index (χ3n) is 4.83. The zero-order valence-electron chi connectivity index (χ0n) is 19.4. The number of hydrogen-bond donors (Lipinski definition) is 0. The van der Waals surface area contributed by atoms with Gasteiger partial charge >= 0.3 is 23.9 Å². The number of anilines is 1. The highest BCUT2D eigenvalue weighted by Crippen LogP contribution is 2.30. The number of benzene rings is 1. The summed E-state index contributed by atoms with van der Waals surface area (Å²) in [6, 6.07) is 10.5. The summed E-state index contributed by atoms with van der Waals surface area (Å²) < 4.78 is 21.1. The second-order valence-corrected chi connectivity index (χ2v) is 7.59. The number of carbonyl (C=O) groups excluding carboxylic acids is 4. The van der Waals surface area contributed by atoms with Crippen LogP contribution in [0, 0.1) is 17.2 Å². The highest BCUT2D eigenvalue weighted by atomic mass is 16.6. The standard InChI is InChI=1S/C23H27N3O8/c1-14(27)31-13-21(32-15(2)28)23(34-17(4)30)22(33-16(3)29)18-10-20(11-24)26(25-12-18)19-8-6-5-7-9-19/h5-9,12,18,20-23H,10,13H2,1-4H3/t18-,20-,21-,22-,23-/m1/s1. The average molecular weight is 473 g/mol. The van der Waals surface area contributed by atoms with Gasteiger partial charge in [-0.15, -0.1) is 0 Å². The summed E-state index contributed by atoms with van der Waals surface area (Å²) in [5.41, 5.74) is 0.692. The number of para-hydroxylation sites is 1. The van der Waals surface area contributed by atoms with Crippen LogP contribution in [0.1, 0.15) is 34.1 Å². The van der Waals surface area contributed by atoms with E-state index in [1.165, 1.54) is 25.1 Å². The lowest BCUT2D eigenvalue weighted by Gasteiger charge is -2.38. The van der Waals surface area contributed by atoms with E-state index in [2.05, 4.69) is 11.2 Å². The van der Waals surface area contributed by atoms with Gasteiger partial charge in [0.1, 0.15) is 12.6 Å². The van der Waals surface area contributed by atoms with Crippen molar-refractivity contribution in [2.75, 3.05) is 11.6 Å². The van der Waals surface area contributed by atoms with Crippen LogP contribution in [0.15, 0.2) is 35.4 Å². The highest BCUT2D eigenvalue weighted by molar-refractivity contribution is 5.71. The van der Waals surface area contributed by atoms with Gasteiger partial charge < -0.3 is 18.9 Å². The minimum absolute atomic E-state index is 0.158. The van der Waals surface area contributed by atoms with E-state index in [9.17, 15) is 24.4 Å². The molecule has 182 valence electrons. The number of hydrazone groups is 1. The first kappa shape index (κ1) is 26.3. The van der Waals surface area contributed by atoms with E-state index in [1.807, 2.05) is 18.2 Å². The van der Waals surface area contributed by atoms with E-state index in [0.717, 1.165) is 13.8 Å². The number of ether oxygens (including phenoxy) is 4. The number of nitrogens with zero attached hydrogens (tertiary/aromatic N) is 3. The molecule has 1 aliphatic heterocycles. The van der Waals surface area contributed by atoms with Crippen LogP contribution in [-0.2, 0) is 38.1 Å². The molecule has 0 radical (unpaired) electrons. The van der Waals surface area contributed by atoms with Crippen molar-refractivity contribution < 1.29 is 38.1 Å². The molecule has 0 amide bonds. The van der Waals surface area contributed by atoms with Gasteiger partial charge in [-0.1, -0.05) is 18.2 Å². The van der Waals surface area contributed by atoms with Crippen molar-refractivity contribution in [1.29, 1.82) is 5.26 Å². The predicted molar refractivity (Wildman–Crippen MR) is 118 cm³/mol. The molecule has 11 heteroatoms. The predicted octanol–water partition coefficient (Wildman–Crippen LogP) is 1.75. The Labute approximate surface area is 197 Å². The molecule has 0 spiro atoms. The van der Waals surface area contributed by atoms with Crippen molar-refractivity contribution in [3.8, 4) is 6.07 Å². The topological polar surface area (TPSA) is 145 Å². The van der Waals surface area contributed by atoms with Crippen LogP contribution in [0.4, 0.5) is 5.69 Å². The van der Waals surface area contributed by atoms with Crippen LogP contribution >= 0.6 is 0 Å². The molecule has 5 atom stereocenters. The van der Waals surface area contributed by atoms with Crippen molar-refractivity contribution in [2.24, 2.45) is 11.0 Å². The summed E-state index contributed by atoms with van der Waals surface area (Å²) in [6.07, 6.45) is -2.13. The van der Waals surface area contributed by atoms with Gasteiger partial charge in [0.05, 0.1) is 11.8 Å². The Balaban J connectivity index is 2.44. The number of esters is 4. The Morgan fingerprint density at radius 1 is 1.00 bits per heavy atom. The van der Waals surface area contributed by atoms with Gasteiger partial charge in [0.15, 0.2) is 18.3 Å². The fourth-order valence-corrected chi connectivity index (χ4v) is 3.55. The SMILES string of the molecule is CC(=O)OC[C@@H](OC(C)=O)[C@@H](OC(C)=O)[C@H](OC(C)=O)[C@H]1C=NN(c2ccccc2)[C@@H](C#N)C1. The minimum Gasteiger partial charge on any atom is -0.462 e. The molecule has 1 aliphatic rings. The third-order valence-corrected chi connectivity index (χ3v) is 4.83. The van der Waals surface area contributed by atoms with E-state index in [0.29, 0.717) is 5.69 Å². The molecule has 1 aromatic rings. The normalized spacial score (nSPS) is 19.7. The Morgan fingerprint density at radius 2 is 1.62 bits per heavy atom. The lowest BCUT2D eigenvalue weighted by Crippen LogP contribution is -2.52. The Hall–Kier alpha value is -3.94. The molecule has 2 rings (SSSR count). The van der Waals surface area contributed by atoms with Crippen LogP contribution in [0.2, 0.25) is 0 Å². The zero-order valence-corrected chi connectivity index (χ0v) is 19.4. The van der Waals surface area contributed by atoms with Gasteiger partial charge in [0, 0.05) is 39.8 Å². The molecule has 0 N–H and O–H groups in total.